The molecular formula is C6H11CrN. The van der Waals surface area contributed by atoms with Crippen molar-refractivity contribution in [3.8, 4) is 0 Å². The molecule has 0 N–H and O–H groups in total. The number of allylic oxidation sites excluding steroid dienone is 1. The van der Waals surface area contributed by atoms with Crippen LogP contribution in [0.1, 0.15) is 6.92 Å². The van der Waals surface area contributed by atoms with Crippen LogP contribution in [0.5, 0.6) is 0 Å². The Hall–Kier alpha value is 0.102. The van der Waals surface area contributed by atoms with Crippen LogP contribution in [0.3, 0.4) is 0 Å². The minimum atomic E-state index is 1.16. The normalized spacial score (nSPS) is 11.0. The van der Waals surface area contributed by atoms with Crippen LogP contribution in [-0.4, -0.2) is 23.5 Å². The molecule has 0 radical (unpaired) electrons. The second kappa shape index (κ2) is 4.03. The monoisotopic (exact) mass is 149 g/mol. The van der Waals surface area contributed by atoms with Gasteiger partial charge in [-0.15, -0.1) is 0 Å². The molecule has 0 aromatic carbocycles. The first-order chi connectivity index (χ1) is 3.68. The summed E-state index contributed by atoms with van der Waals surface area (Å²) in [7, 11) is 4.01. The summed E-state index contributed by atoms with van der Waals surface area (Å²) in [6.07, 6.45) is 4.03. The third kappa shape index (κ3) is 3.15. The van der Waals surface area contributed by atoms with Crippen LogP contribution in [0.25, 0.3) is 0 Å². The molecule has 0 unspecified atom stereocenters. The van der Waals surface area contributed by atoms with Crippen molar-refractivity contribution in [3.05, 3.63) is 12.2 Å². The van der Waals surface area contributed by atoms with Crippen molar-refractivity contribution in [2.24, 2.45) is 0 Å². The van der Waals surface area contributed by atoms with Gasteiger partial charge in [0.15, 0.2) is 0 Å². The molecule has 0 saturated heterocycles. The van der Waals surface area contributed by atoms with Gasteiger partial charge in [-0.25, -0.2) is 0 Å². The maximum absolute atomic E-state index is 2.93. The van der Waals surface area contributed by atoms with E-state index in [9.17, 15) is 0 Å². The Morgan fingerprint density at radius 1 is 1.50 bits per heavy atom. The van der Waals surface area contributed by atoms with Gasteiger partial charge in [-0.05, 0) is 0 Å². The molecular weight excluding hydrogens is 138 g/mol. The second-order valence-corrected chi connectivity index (χ2v) is 2.39. The fourth-order valence-corrected chi connectivity index (χ4v) is 0.504. The van der Waals surface area contributed by atoms with E-state index in [-0.39, 0.29) is 0 Å². The van der Waals surface area contributed by atoms with Crippen molar-refractivity contribution in [2.75, 3.05) is 14.1 Å². The predicted octanol–water partition coefficient (Wildman–Crippen LogP) is 0.801. The van der Waals surface area contributed by atoms with E-state index < -0.39 is 0 Å². The van der Waals surface area contributed by atoms with Crippen molar-refractivity contribution in [3.63, 3.8) is 0 Å². The number of hydrogen-bond acceptors (Lipinski definition) is 1. The van der Waals surface area contributed by atoms with Crippen LogP contribution in [0.15, 0.2) is 12.2 Å². The summed E-state index contributed by atoms with van der Waals surface area (Å²) < 4.78 is 1.16. The van der Waals surface area contributed by atoms with Crippen molar-refractivity contribution < 1.29 is 15.9 Å². The standard InChI is InChI=1S/C6H11N.Cr/c1-4-5-6-7(2)3;/h4-5H,1-3H3;/b5-4+;. The van der Waals surface area contributed by atoms with Crippen LogP contribution in [0.2, 0.25) is 0 Å². The van der Waals surface area contributed by atoms with E-state index in [1.165, 1.54) is 0 Å². The molecule has 2 heteroatoms. The molecule has 0 atom stereocenters. The topological polar surface area (TPSA) is 3.24 Å². The van der Waals surface area contributed by atoms with Gasteiger partial charge >= 0.3 is 58.4 Å². The molecule has 0 aromatic heterocycles. The van der Waals surface area contributed by atoms with E-state index in [0.29, 0.717) is 0 Å². The summed E-state index contributed by atoms with van der Waals surface area (Å²) in [6.45, 7) is 2.00. The minimum absolute atomic E-state index is 1.16. The van der Waals surface area contributed by atoms with Gasteiger partial charge in [0, 0.05) is 0 Å². The van der Waals surface area contributed by atoms with Gasteiger partial charge in [0.1, 0.15) is 0 Å². The molecule has 0 amide bonds. The molecule has 1 nitrogen and oxygen atoms in total. The van der Waals surface area contributed by atoms with E-state index in [0.717, 1.165) is 4.50 Å². The zero-order valence-corrected chi connectivity index (χ0v) is 6.79. The quantitative estimate of drug-likeness (QED) is 0.561. The molecule has 0 heterocycles. The summed E-state index contributed by atoms with van der Waals surface area (Å²) >= 11 is 2.93. The van der Waals surface area contributed by atoms with Crippen LogP contribution in [0, 0.1) is 0 Å². The Bertz CT molecular complexity index is 105. The number of nitrogens with zero attached hydrogens (tertiary/aromatic N) is 1. The molecule has 0 bridgehead atoms. The van der Waals surface area contributed by atoms with E-state index >= 15 is 0 Å². The van der Waals surface area contributed by atoms with E-state index in [1.54, 1.807) is 0 Å². The second-order valence-electron chi connectivity index (χ2n) is 1.73. The Kier molecular flexibility index (Phi) is 4.08. The molecule has 46 valence electrons. The molecule has 0 aromatic rings. The molecule has 0 aliphatic carbocycles. The number of hydrogen-bond donors (Lipinski definition) is 0. The maximum atomic E-state index is 2.93. The van der Waals surface area contributed by atoms with Gasteiger partial charge < -0.3 is 0 Å². The molecule has 0 fully saturated rings. The van der Waals surface area contributed by atoms with Crippen LogP contribution in [0.4, 0.5) is 0 Å². The SMILES string of the molecule is C/C=C/[C](=[Cr])N(C)C. The van der Waals surface area contributed by atoms with Crippen LogP contribution in [-0.2, 0) is 15.9 Å². The predicted molar refractivity (Wildman–Crippen MR) is 33.5 cm³/mol. The molecule has 0 rings (SSSR count). The van der Waals surface area contributed by atoms with Gasteiger partial charge in [-0.1, -0.05) is 0 Å². The van der Waals surface area contributed by atoms with Crippen molar-refractivity contribution in [2.45, 2.75) is 6.92 Å². The van der Waals surface area contributed by atoms with Crippen LogP contribution >= 0.6 is 0 Å². The summed E-state index contributed by atoms with van der Waals surface area (Å²) in [4.78, 5) is 2.03. The summed E-state index contributed by atoms with van der Waals surface area (Å²) in [5.41, 5.74) is 0. The Labute approximate surface area is 59.0 Å². The van der Waals surface area contributed by atoms with Gasteiger partial charge in [0.05, 0.1) is 0 Å². The number of likely N-dealkylation sites (N-methyl/N-ethyl adjacent to an activating group) is 1. The molecule has 0 aliphatic heterocycles. The average Bonchev–Trinajstić information content (AvgIpc) is 1.67. The zero-order valence-electron chi connectivity index (χ0n) is 5.51. The fourth-order valence-electron chi connectivity index (χ4n) is 0.292. The molecule has 0 aliphatic rings. The van der Waals surface area contributed by atoms with E-state index in [4.69, 9.17) is 0 Å². The van der Waals surface area contributed by atoms with E-state index in [2.05, 4.69) is 15.9 Å². The third-order valence-corrected chi connectivity index (χ3v) is 1.53. The van der Waals surface area contributed by atoms with Gasteiger partial charge in [-0.3, -0.25) is 0 Å². The summed E-state index contributed by atoms with van der Waals surface area (Å²) in [6, 6.07) is 0. The summed E-state index contributed by atoms with van der Waals surface area (Å²) in [5, 5.41) is 0. The van der Waals surface area contributed by atoms with Crippen molar-refractivity contribution >= 4 is 4.50 Å². The first kappa shape index (κ1) is 8.10. The van der Waals surface area contributed by atoms with Gasteiger partial charge in [0.2, 0.25) is 0 Å². The fraction of sp³-hybridized carbons (Fsp3) is 0.500. The first-order valence-corrected chi connectivity index (χ1v) is 3.16. The third-order valence-electron chi connectivity index (χ3n) is 0.750. The number of rotatable bonds is 2. The Balaban J connectivity index is 3.66. The van der Waals surface area contributed by atoms with Gasteiger partial charge in [-0.2, -0.15) is 0 Å². The average molecular weight is 149 g/mol. The van der Waals surface area contributed by atoms with Gasteiger partial charge in [0.25, 0.3) is 0 Å². The molecule has 8 heavy (non-hydrogen) atoms. The van der Waals surface area contributed by atoms with E-state index in [1.807, 2.05) is 38.1 Å². The van der Waals surface area contributed by atoms with Crippen LogP contribution < -0.4 is 0 Å². The summed E-state index contributed by atoms with van der Waals surface area (Å²) in [5.74, 6) is 0. The Morgan fingerprint density at radius 3 is 2.12 bits per heavy atom. The first-order valence-electron chi connectivity index (χ1n) is 2.52. The molecule has 0 saturated carbocycles. The Morgan fingerprint density at radius 2 is 2.00 bits per heavy atom. The molecule has 0 spiro atoms. The van der Waals surface area contributed by atoms with Crippen molar-refractivity contribution in [1.29, 1.82) is 0 Å². The zero-order chi connectivity index (χ0) is 6.57. The van der Waals surface area contributed by atoms with Crippen molar-refractivity contribution in [1.82, 2.24) is 4.90 Å².